The summed E-state index contributed by atoms with van der Waals surface area (Å²) >= 11 is 0. The van der Waals surface area contributed by atoms with Crippen molar-refractivity contribution in [1.29, 1.82) is 0 Å². The lowest BCUT2D eigenvalue weighted by Gasteiger charge is -2.18. The number of pyridine rings is 1. The number of amides is 1. The van der Waals surface area contributed by atoms with Crippen molar-refractivity contribution in [3.05, 3.63) is 132 Å². The summed E-state index contributed by atoms with van der Waals surface area (Å²) in [5.74, 6) is -0.0690. The van der Waals surface area contributed by atoms with Crippen molar-refractivity contribution in [2.75, 3.05) is 13.7 Å². The smallest absolute Gasteiger partial charge is 0.220 e. The average molecular weight is 508 g/mol. The molecule has 1 amide bonds. The van der Waals surface area contributed by atoms with Crippen LogP contribution >= 0.6 is 0 Å². The van der Waals surface area contributed by atoms with Crippen LogP contribution in [0.25, 0.3) is 10.9 Å². The maximum Gasteiger partial charge on any atom is 0.220 e. The molecule has 0 spiro atoms. The van der Waals surface area contributed by atoms with Crippen molar-refractivity contribution in [1.82, 2.24) is 14.9 Å². The lowest BCUT2D eigenvalue weighted by Crippen LogP contribution is -2.27. The number of fused-ring (bicyclic) bond motifs is 1. The monoisotopic (exact) mass is 507 g/mol. The third-order valence-electron chi connectivity index (χ3n) is 6.81. The maximum absolute atomic E-state index is 15.1. The molecular weight excluding hydrogens is 477 g/mol. The van der Waals surface area contributed by atoms with Gasteiger partial charge in [0.1, 0.15) is 11.6 Å². The van der Waals surface area contributed by atoms with Gasteiger partial charge in [-0.3, -0.25) is 9.78 Å². The second kappa shape index (κ2) is 11.7. The molecule has 0 saturated heterocycles. The van der Waals surface area contributed by atoms with E-state index in [1.165, 1.54) is 6.07 Å². The molecule has 3 aromatic carbocycles. The van der Waals surface area contributed by atoms with E-state index in [4.69, 9.17) is 4.74 Å². The number of nitrogens with zero attached hydrogens (tertiary/aromatic N) is 2. The van der Waals surface area contributed by atoms with Crippen molar-refractivity contribution in [2.24, 2.45) is 0 Å². The Bertz CT molecular complexity index is 1510. The van der Waals surface area contributed by atoms with Crippen LogP contribution < -0.4 is 10.1 Å². The van der Waals surface area contributed by atoms with Gasteiger partial charge in [0.25, 0.3) is 0 Å². The summed E-state index contributed by atoms with van der Waals surface area (Å²) in [5.41, 5.74) is 4.52. The van der Waals surface area contributed by atoms with Crippen molar-refractivity contribution in [3.8, 4) is 5.75 Å². The molecule has 0 aliphatic rings. The first-order valence-corrected chi connectivity index (χ1v) is 12.7. The highest BCUT2D eigenvalue weighted by molar-refractivity contribution is 5.86. The first-order valence-electron chi connectivity index (χ1n) is 12.7. The summed E-state index contributed by atoms with van der Waals surface area (Å²) in [6.45, 7) is 1.11. The van der Waals surface area contributed by atoms with Gasteiger partial charge in [0, 0.05) is 60.8 Å². The van der Waals surface area contributed by atoms with Crippen LogP contribution in [-0.4, -0.2) is 29.1 Å². The molecule has 0 radical (unpaired) electrons. The van der Waals surface area contributed by atoms with Gasteiger partial charge in [0.15, 0.2) is 0 Å². The van der Waals surface area contributed by atoms with E-state index in [0.29, 0.717) is 25.1 Å². The average Bonchev–Trinajstić information content (AvgIpc) is 3.31. The fraction of sp³-hybridized carbons (Fsp3) is 0.188. The van der Waals surface area contributed by atoms with E-state index in [9.17, 15) is 4.79 Å². The Hall–Kier alpha value is -4.45. The highest BCUT2D eigenvalue weighted by Crippen LogP contribution is 2.36. The van der Waals surface area contributed by atoms with Gasteiger partial charge in [0.2, 0.25) is 5.91 Å². The number of benzene rings is 3. The van der Waals surface area contributed by atoms with Gasteiger partial charge in [-0.1, -0.05) is 54.6 Å². The van der Waals surface area contributed by atoms with E-state index < -0.39 is 5.92 Å². The number of carbonyl (C=O) groups is 1. The lowest BCUT2D eigenvalue weighted by molar-refractivity contribution is -0.121. The molecule has 192 valence electrons. The molecule has 1 N–H and O–H groups in total. The molecule has 6 heteroatoms. The summed E-state index contributed by atoms with van der Waals surface area (Å²) in [6, 6.07) is 28.5. The molecule has 0 bridgehead atoms. The standard InChI is InChI=1S/C32H30FN3O2/c1-38-25-15-13-23(14-16-25)21-36-22-29(27-10-3-5-12-31(27)36)28(26-9-2-4-11-30(26)33)20-32(37)35-19-17-24-8-6-7-18-34-24/h2-16,18,22,28H,17,19-21H2,1H3,(H,35,37). The predicted octanol–water partition coefficient (Wildman–Crippen LogP) is 6.11. The van der Waals surface area contributed by atoms with E-state index in [2.05, 4.69) is 27.1 Å². The highest BCUT2D eigenvalue weighted by Gasteiger charge is 2.25. The Balaban J connectivity index is 1.45. The Morgan fingerprint density at radius 1 is 0.947 bits per heavy atom. The van der Waals surface area contributed by atoms with E-state index >= 15 is 4.39 Å². The first kappa shape index (κ1) is 25.2. The van der Waals surface area contributed by atoms with Gasteiger partial charge in [0.05, 0.1) is 7.11 Å². The van der Waals surface area contributed by atoms with Gasteiger partial charge in [-0.05, 0) is 53.1 Å². The van der Waals surface area contributed by atoms with Crippen LogP contribution in [0.4, 0.5) is 4.39 Å². The highest BCUT2D eigenvalue weighted by atomic mass is 19.1. The Labute approximate surface area is 221 Å². The molecule has 0 aliphatic heterocycles. The van der Waals surface area contributed by atoms with Gasteiger partial charge >= 0.3 is 0 Å². The van der Waals surface area contributed by atoms with E-state index in [-0.39, 0.29) is 18.1 Å². The minimum absolute atomic E-state index is 0.124. The number of methoxy groups -OCH3 is 1. The van der Waals surface area contributed by atoms with Crippen LogP contribution in [-0.2, 0) is 17.8 Å². The number of ether oxygens (including phenoxy) is 1. The molecule has 2 heterocycles. The second-order valence-corrected chi connectivity index (χ2v) is 9.28. The fourth-order valence-electron chi connectivity index (χ4n) is 4.89. The number of rotatable bonds is 10. The van der Waals surface area contributed by atoms with Crippen molar-refractivity contribution >= 4 is 16.8 Å². The SMILES string of the molecule is COc1ccc(Cn2cc(C(CC(=O)NCCc3ccccn3)c3ccccc3F)c3ccccc32)cc1. The Kier molecular flexibility index (Phi) is 7.78. The summed E-state index contributed by atoms with van der Waals surface area (Å²) in [5, 5.41) is 4.02. The van der Waals surface area contributed by atoms with Gasteiger partial charge in [-0.15, -0.1) is 0 Å². The summed E-state index contributed by atoms with van der Waals surface area (Å²) in [6.07, 6.45) is 4.58. The molecule has 38 heavy (non-hydrogen) atoms. The lowest BCUT2D eigenvalue weighted by atomic mass is 9.87. The zero-order valence-electron chi connectivity index (χ0n) is 21.3. The minimum atomic E-state index is -0.437. The third kappa shape index (κ3) is 5.75. The zero-order valence-corrected chi connectivity index (χ0v) is 21.3. The van der Waals surface area contributed by atoms with Gasteiger partial charge in [-0.2, -0.15) is 0 Å². The van der Waals surface area contributed by atoms with Crippen LogP contribution in [0.2, 0.25) is 0 Å². The number of aromatic nitrogens is 2. The number of carbonyl (C=O) groups excluding carboxylic acids is 1. The fourth-order valence-corrected chi connectivity index (χ4v) is 4.89. The number of hydrogen-bond donors (Lipinski definition) is 1. The molecule has 1 unspecified atom stereocenters. The number of halogens is 1. The normalized spacial score (nSPS) is 11.8. The Morgan fingerprint density at radius 2 is 1.71 bits per heavy atom. The van der Waals surface area contributed by atoms with Crippen LogP contribution in [0.15, 0.2) is 103 Å². The molecule has 1 atom stereocenters. The van der Waals surface area contributed by atoms with Crippen LogP contribution in [0.3, 0.4) is 0 Å². The van der Waals surface area contributed by atoms with E-state index in [0.717, 1.165) is 33.5 Å². The maximum atomic E-state index is 15.1. The van der Waals surface area contributed by atoms with E-state index in [1.54, 1.807) is 25.4 Å². The number of nitrogens with one attached hydrogen (secondary N) is 1. The van der Waals surface area contributed by atoms with Gasteiger partial charge in [-0.25, -0.2) is 4.39 Å². The van der Waals surface area contributed by atoms with E-state index in [1.807, 2.05) is 66.7 Å². The van der Waals surface area contributed by atoms with Crippen LogP contribution in [0, 0.1) is 5.82 Å². The topological polar surface area (TPSA) is 56.1 Å². The van der Waals surface area contributed by atoms with Crippen molar-refractivity contribution in [3.63, 3.8) is 0 Å². The summed E-state index contributed by atoms with van der Waals surface area (Å²) in [4.78, 5) is 17.4. The third-order valence-corrected chi connectivity index (χ3v) is 6.81. The van der Waals surface area contributed by atoms with Crippen molar-refractivity contribution in [2.45, 2.75) is 25.3 Å². The quantitative estimate of drug-likeness (QED) is 0.248. The predicted molar refractivity (Wildman–Crippen MR) is 148 cm³/mol. The molecule has 0 aliphatic carbocycles. The first-order chi connectivity index (χ1) is 18.6. The molecule has 0 fully saturated rings. The number of para-hydroxylation sites is 1. The minimum Gasteiger partial charge on any atom is -0.497 e. The van der Waals surface area contributed by atoms with Gasteiger partial charge < -0.3 is 14.6 Å². The Morgan fingerprint density at radius 3 is 2.47 bits per heavy atom. The summed E-state index contributed by atoms with van der Waals surface area (Å²) in [7, 11) is 1.65. The van der Waals surface area contributed by atoms with Crippen LogP contribution in [0.1, 0.15) is 34.7 Å². The summed E-state index contributed by atoms with van der Waals surface area (Å²) < 4.78 is 22.6. The second-order valence-electron chi connectivity index (χ2n) is 9.28. The van der Waals surface area contributed by atoms with Crippen LogP contribution in [0.5, 0.6) is 5.75 Å². The molecule has 5 nitrogen and oxygen atoms in total. The zero-order chi connectivity index (χ0) is 26.3. The largest absolute Gasteiger partial charge is 0.497 e. The molecule has 2 aromatic heterocycles. The number of hydrogen-bond acceptors (Lipinski definition) is 3. The molecule has 0 saturated carbocycles. The van der Waals surface area contributed by atoms with Crippen molar-refractivity contribution < 1.29 is 13.9 Å². The molecule has 5 rings (SSSR count). The molecule has 5 aromatic rings. The molecular formula is C32H30FN3O2.